The fraction of sp³-hybridized carbons (Fsp3) is 0.533. The summed E-state index contributed by atoms with van der Waals surface area (Å²) in [6.45, 7) is 10.6. The molecule has 0 bridgehead atoms. The van der Waals surface area contributed by atoms with Crippen LogP contribution in [0.5, 0.6) is 5.75 Å². The van der Waals surface area contributed by atoms with E-state index in [2.05, 4.69) is 19.2 Å². The third-order valence-electron chi connectivity index (χ3n) is 2.70. The summed E-state index contributed by atoms with van der Waals surface area (Å²) in [5.41, 5.74) is 2.18. The minimum atomic E-state index is -0.468. The summed E-state index contributed by atoms with van der Waals surface area (Å²) in [6.07, 6.45) is -0.468. The van der Waals surface area contributed by atoms with Crippen molar-refractivity contribution in [3.8, 4) is 5.75 Å². The molecule has 1 rings (SSSR count). The predicted octanol–water partition coefficient (Wildman–Crippen LogP) is 2.84. The van der Waals surface area contributed by atoms with Gasteiger partial charge in [-0.3, -0.25) is 4.79 Å². The van der Waals surface area contributed by atoms with E-state index in [0.29, 0.717) is 12.5 Å². The number of nitrogens with one attached hydrogen (secondary N) is 1. The topological polar surface area (TPSA) is 38.3 Å². The Bertz CT molecular complexity index is 413. The quantitative estimate of drug-likeness (QED) is 0.871. The van der Waals surface area contributed by atoms with Crippen molar-refractivity contribution in [1.29, 1.82) is 0 Å². The van der Waals surface area contributed by atoms with Gasteiger partial charge in [0.25, 0.3) is 5.91 Å². The molecule has 0 saturated carbocycles. The minimum absolute atomic E-state index is 0.0652. The lowest BCUT2D eigenvalue weighted by Crippen LogP contribution is -2.38. The second kappa shape index (κ2) is 6.43. The fourth-order valence-electron chi connectivity index (χ4n) is 1.53. The van der Waals surface area contributed by atoms with Crippen LogP contribution >= 0.6 is 0 Å². The molecule has 0 aliphatic heterocycles. The number of rotatable bonds is 5. The average Bonchev–Trinajstić information content (AvgIpc) is 2.30. The molecule has 0 unspecified atom stereocenters. The molecule has 0 radical (unpaired) electrons. The molecular weight excluding hydrogens is 226 g/mol. The first-order chi connectivity index (χ1) is 8.40. The molecule has 0 spiro atoms. The summed E-state index contributed by atoms with van der Waals surface area (Å²) in [7, 11) is 0. The van der Waals surface area contributed by atoms with Gasteiger partial charge >= 0.3 is 0 Å². The van der Waals surface area contributed by atoms with Crippen molar-refractivity contribution < 1.29 is 9.53 Å². The number of ether oxygens (including phenoxy) is 1. The van der Waals surface area contributed by atoms with E-state index < -0.39 is 6.10 Å². The molecular formula is C15H23NO2. The molecule has 3 nitrogen and oxygen atoms in total. The molecule has 0 saturated heterocycles. The maximum Gasteiger partial charge on any atom is 0.260 e. The van der Waals surface area contributed by atoms with Crippen LogP contribution in [0.3, 0.4) is 0 Å². The van der Waals surface area contributed by atoms with E-state index in [1.54, 1.807) is 6.92 Å². The van der Waals surface area contributed by atoms with Gasteiger partial charge in [-0.25, -0.2) is 0 Å². The number of benzene rings is 1. The zero-order chi connectivity index (χ0) is 13.7. The highest BCUT2D eigenvalue weighted by Crippen LogP contribution is 2.20. The van der Waals surface area contributed by atoms with Gasteiger partial charge in [0.05, 0.1) is 0 Å². The van der Waals surface area contributed by atoms with Crippen molar-refractivity contribution in [3.63, 3.8) is 0 Å². The lowest BCUT2D eigenvalue weighted by molar-refractivity contribution is -0.127. The summed E-state index contributed by atoms with van der Waals surface area (Å²) in [4.78, 5) is 11.8. The Morgan fingerprint density at radius 2 is 1.94 bits per heavy atom. The van der Waals surface area contributed by atoms with Gasteiger partial charge < -0.3 is 10.1 Å². The van der Waals surface area contributed by atoms with E-state index in [9.17, 15) is 4.79 Å². The lowest BCUT2D eigenvalue weighted by Gasteiger charge is -2.17. The zero-order valence-corrected chi connectivity index (χ0v) is 11.9. The number of carbonyl (C=O) groups excluding carboxylic acids is 1. The first-order valence-electron chi connectivity index (χ1n) is 6.41. The predicted molar refractivity (Wildman–Crippen MR) is 73.9 cm³/mol. The Morgan fingerprint density at radius 1 is 1.28 bits per heavy atom. The van der Waals surface area contributed by atoms with Crippen molar-refractivity contribution in [2.75, 3.05) is 6.54 Å². The fourth-order valence-corrected chi connectivity index (χ4v) is 1.53. The van der Waals surface area contributed by atoms with Crippen molar-refractivity contribution in [1.82, 2.24) is 5.32 Å². The van der Waals surface area contributed by atoms with Gasteiger partial charge in [-0.1, -0.05) is 26.0 Å². The van der Waals surface area contributed by atoms with Crippen LogP contribution in [-0.2, 0) is 4.79 Å². The number of amides is 1. The van der Waals surface area contributed by atoms with Gasteiger partial charge in [-0.05, 0) is 43.9 Å². The highest BCUT2D eigenvalue weighted by atomic mass is 16.5. The molecule has 0 aromatic heterocycles. The largest absolute Gasteiger partial charge is 0.481 e. The van der Waals surface area contributed by atoms with Gasteiger partial charge in [-0.2, -0.15) is 0 Å². The van der Waals surface area contributed by atoms with E-state index in [4.69, 9.17) is 4.74 Å². The molecule has 1 aromatic carbocycles. The number of hydrogen-bond acceptors (Lipinski definition) is 2. The summed E-state index contributed by atoms with van der Waals surface area (Å²) in [5.74, 6) is 1.16. The summed E-state index contributed by atoms with van der Waals surface area (Å²) >= 11 is 0. The summed E-state index contributed by atoms with van der Waals surface area (Å²) < 4.78 is 5.71. The van der Waals surface area contributed by atoms with Gasteiger partial charge in [0, 0.05) is 6.54 Å². The molecule has 1 amide bonds. The Labute approximate surface area is 110 Å². The highest BCUT2D eigenvalue weighted by Gasteiger charge is 2.15. The Hall–Kier alpha value is -1.51. The van der Waals surface area contributed by atoms with E-state index in [1.165, 1.54) is 0 Å². The zero-order valence-electron chi connectivity index (χ0n) is 11.9. The Morgan fingerprint density at radius 3 is 2.56 bits per heavy atom. The minimum Gasteiger partial charge on any atom is -0.481 e. The normalized spacial score (nSPS) is 12.3. The maximum absolute atomic E-state index is 11.8. The number of hydrogen-bond donors (Lipinski definition) is 1. The second-order valence-corrected chi connectivity index (χ2v) is 5.17. The van der Waals surface area contributed by atoms with Crippen LogP contribution in [0.2, 0.25) is 0 Å². The van der Waals surface area contributed by atoms with Crippen LogP contribution in [0.1, 0.15) is 31.9 Å². The van der Waals surface area contributed by atoms with Crippen molar-refractivity contribution in [3.05, 3.63) is 29.3 Å². The Kier molecular flexibility index (Phi) is 5.20. The van der Waals surface area contributed by atoms with E-state index in [1.807, 2.05) is 32.0 Å². The molecule has 0 aliphatic rings. The van der Waals surface area contributed by atoms with Crippen molar-refractivity contribution >= 4 is 5.91 Å². The maximum atomic E-state index is 11.8. The third kappa shape index (κ3) is 4.40. The van der Waals surface area contributed by atoms with Crippen LogP contribution in [0.4, 0.5) is 0 Å². The van der Waals surface area contributed by atoms with Gasteiger partial charge in [-0.15, -0.1) is 0 Å². The molecule has 3 heteroatoms. The third-order valence-corrected chi connectivity index (χ3v) is 2.70. The van der Waals surface area contributed by atoms with Gasteiger partial charge in [0.1, 0.15) is 5.75 Å². The van der Waals surface area contributed by atoms with E-state index >= 15 is 0 Å². The molecule has 18 heavy (non-hydrogen) atoms. The average molecular weight is 249 g/mol. The van der Waals surface area contributed by atoms with Crippen LogP contribution in [0.15, 0.2) is 18.2 Å². The molecule has 1 aromatic rings. The van der Waals surface area contributed by atoms with Gasteiger partial charge in [0.2, 0.25) is 0 Å². The molecule has 1 atom stereocenters. The standard InChI is InChI=1S/C15H23NO2/c1-10(2)9-16-15(17)13(5)18-14-8-11(3)6-7-12(14)4/h6-8,10,13H,9H2,1-5H3,(H,16,17)/t13-/m1/s1. The van der Waals surface area contributed by atoms with Crippen LogP contribution in [-0.4, -0.2) is 18.6 Å². The van der Waals surface area contributed by atoms with E-state index in [0.717, 1.165) is 16.9 Å². The monoisotopic (exact) mass is 249 g/mol. The first kappa shape index (κ1) is 14.6. The molecule has 0 heterocycles. The molecule has 0 fully saturated rings. The molecule has 0 aliphatic carbocycles. The SMILES string of the molecule is Cc1ccc(C)c(O[C@H](C)C(=O)NCC(C)C)c1. The first-order valence-corrected chi connectivity index (χ1v) is 6.41. The van der Waals surface area contributed by atoms with Crippen LogP contribution in [0, 0.1) is 19.8 Å². The summed E-state index contributed by atoms with van der Waals surface area (Å²) in [5, 5.41) is 2.87. The van der Waals surface area contributed by atoms with Crippen molar-refractivity contribution in [2.24, 2.45) is 5.92 Å². The van der Waals surface area contributed by atoms with E-state index in [-0.39, 0.29) is 5.91 Å². The lowest BCUT2D eigenvalue weighted by atomic mass is 10.1. The smallest absolute Gasteiger partial charge is 0.260 e. The Balaban J connectivity index is 2.60. The van der Waals surface area contributed by atoms with Crippen molar-refractivity contribution in [2.45, 2.75) is 40.7 Å². The number of aryl methyl sites for hydroxylation is 2. The molecule has 100 valence electrons. The molecule has 1 N–H and O–H groups in total. The second-order valence-electron chi connectivity index (χ2n) is 5.17. The highest BCUT2D eigenvalue weighted by molar-refractivity contribution is 5.80. The van der Waals surface area contributed by atoms with Crippen LogP contribution in [0.25, 0.3) is 0 Å². The summed E-state index contributed by atoms with van der Waals surface area (Å²) in [6, 6.07) is 6.00. The van der Waals surface area contributed by atoms with Gasteiger partial charge in [0.15, 0.2) is 6.10 Å². The van der Waals surface area contributed by atoms with Crippen LogP contribution < -0.4 is 10.1 Å². The number of carbonyl (C=O) groups is 1.